The molecule has 1 aliphatic heterocycles. The summed E-state index contributed by atoms with van der Waals surface area (Å²) in [5.41, 5.74) is 6.79. The maximum atomic E-state index is 11.3. The van der Waals surface area contributed by atoms with Crippen molar-refractivity contribution in [2.75, 3.05) is 19.6 Å². The Labute approximate surface area is 187 Å². The van der Waals surface area contributed by atoms with Crippen molar-refractivity contribution < 1.29 is 9.90 Å². The number of benzene rings is 2. The summed E-state index contributed by atoms with van der Waals surface area (Å²) in [5.74, 6) is -0.863. The molecule has 1 aliphatic carbocycles. The maximum Gasteiger partial charge on any atom is 0.307 e. The molecule has 5 heteroatoms. The first kappa shape index (κ1) is 22.1. The van der Waals surface area contributed by atoms with Gasteiger partial charge in [0.25, 0.3) is 0 Å². The number of halogens is 2. The van der Waals surface area contributed by atoms with Crippen LogP contribution in [-0.2, 0) is 17.6 Å². The summed E-state index contributed by atoms with van der Waals surface area (Å²) in [4.78, 5) is 13.6. The highest BCUT2D eigenvalue weighted by Gasteiger charge is 2.25. The Morgan fingerprint density at radius 2 is 1.90 bits per heavy atom. The van der Waals surface area contributed by atoms with E-state index < -0.39 is 5.97 Å². The number of likely N-dealkylation sites (tertiary alicyclic amines) is 1. The van der Waals surface area contributed by atoms with E-state index in [9.17, 15) is 9.90 Å². The lowest BCUT2D eigenvalue weighted by atomic mass is 9.93. The number of carboxylic acids is 1. The largest absolute Gasteiger partial charge is 0.481 e. The Morgan fingerprint density at radius 1 is 1.14 bits per heavy atom. The van der Waals surface area contributed by atoms with Gasteiger partial charge in [-0.25, -0.2) is 0 Å². The van der Waals surface area contributed by atoms with E-state index in [0.717, 1.165) is 49.7 Å². The number of rotatable bonds is 4. The Kier molecular flexibility index (Phi) is 7.55. The highest BCUT2D eigenvalue weighted by Crippen LogP contribution is 2.35. The molecule has 2 aromatic rings. The van der Waals surface area contributed by atoms with Gasteiger partial charge in [-0.1, -0.05) is 52.3 Å². The molecule has 1 saturated heterocycles. The van der Waals surface area contributed by atoms with E-state index in [2.05, 4.69) is 69.4 Å². The number of nitrogens with zero attached hydrogens (tertiary/aromatic N) is 1. The Hall–Kier alpha value is -1.62. The average Bonchev–Trinajstić information content (AvgIpc) is 2.85. The molecule has 0 aromatic heterocycles. The highest BCUT2D eigenvalue weighted by atomic mass is 79.9. The summed E-state index contributed by atoms with van der Waals surface area (Å²) < 4.78 is 1.13. The first-order chi connectivity index (χ1) is 13.6. The van der Waals surface area contributed by atoms with Crippen molar-refractivity contribution in [2.24, 2.45) is 5.92 Å². The molecule has 1 heterocycles. The second-order valence-electron chi connectivity index (χ2n) is 7.84. The van der Waals surface area contributed by atoms with E-state index in [1.54, 1.807) is 0 Å². The number of aryl methyl sites for hydroxylation is 2. The molecule has 2 aromatic carbocycles. The number of aliphatic carboxylic acids is 1. The van der Waals surface area contributed by atoms with Gasteiger partial charge in [-0.05, 0) is 78.6 Å². The van der Waals surface area contributed by atoms with Crippen LogP contribution in [0.3, 0.4) is 0 Å². The Balaban J connectivity index is 0.00000240. The van der Waals surface area contributed by atoms with Crippen LogP contribution in [0, 0.1) is 5.92 Å². The van der Waals surface area contributed by atoms with E-state index >= 15 is 0 Å². The number of carboxylic acid groups (broad SMARTS) is 1. The standard InChI is InChI=1S/C24H26BrNO2.ClH/c25-20-11-12-22-18(15-20)10-9-17-5-1-2-7-21(17)23(22)8-4-14-26-13-3-6-19(16-26)24(27)28;/h1-2,5,7-8,11-12,15,19H,3-4,6,9-10,13-14,16H2,(H,27,28);1H/t19-;/m1./s1. The van der Waals surface area contributed by atoms with Gasteiger partial charge in [-0.15, -0.1) is 12.4 Å². The van der Waals surface area contributed by atoms with Gasteiger partial charge in [0.2, 0.25) is 0 Å². The van der Waals surface area contributed by atoms with Crippen LogP contribution in [0.1, 0.15) is 41.5 Å². The van der Waals surface area contributed by atoms with Crippen LogP contribution in [0.15, 0.2) is 53.0 Å². The van der Waals surface area contributed by atoms with Gasteiger partial charge >= 0.3 is 5.97 Å². The van der Waals surface area contributed by atoms with Crippen molar-refractivity contribution in [1.29, 1.82) is 0 Å². The van der Waals surface area contributed by atoms with Gasteiger partial charge < -0.3 is 10.0 Å². The second kappa shape index (κ2) is 9.92. The molecule has 0 spiro atoms. The summed E-state index contributed by atoms with van der Waals surface area (Å²) in [6.45, 7) is 2.60. The van der Waals surface area contributed by atoms with Crippen LogP contribution in [0.5, 0.6) is 0 Å². The molecular formula is C24H27BrClNO2. The van der Waals surface area contributed by atoms with Gasteiger partial charge in [-0.3, -0.25) is 4.79 Å². The van der Waals surface area contributed by atoms with E-state index in [0.29, 0.717) is 6.54 Å². The van der Waals surface area contributed by atoms with Gasteiger partial charge in [0, 0.05) is 17.6 Å². The lowest BCUT2D eigenvalue weighted by molar-refractivity contribution is -0.143. The zero-order chi connectivity index (χ0) is 19.5. The predicted octanol–water partition coefficient (Wildman–Crippen LogP) is 5.59. The third kappa shape index (κ3) is 5.11. The molecule has 0 bridgehead atoms. The molecule has 1 N–H and O–H groups in total. The molecule has 1 atom stereocenters. The van der Waals surface area contributed by atoms with Crippen molar-refractivity contribution in [3.63, 3.8) is 0 Å². The van der Waals surface area contributed by atoms with Gasteiger partial charge in [-0.2, -0.15) is 0 Å². The van der Waals surface area contributed by atoms with E-state index in [1.165, 1.54) is 27.8 Å². The van der Waals surface area contributed by atoms with E-state index in [1.807, 2.05) is 0 Å². The van der Waals surface area contributed by atoms with Crippen LogP contribution >= 0.6 is 28.3 Å². The predicted molar refractivity (Wildman–Crippen MR) is 124 cm³/mol. The molecule has 0 saturated carbocycles. The number of piperidine rings is 1. The third-order valence-electron chi connectivity index (χ3n) is 5.98. The van der Waals surface area contributed by atoms with Crippen molar-refractivity contribution >= 4 is 39.9 Å². The highest BCUT2D eigenvalue weighted by molar-refractivity contribution is 9.10. The van der Waals surface area contributed by atoms with Crippen molar-refractivity contribution in [3.05, 3.63) is 75.3 Å². The fourth-order valence-electron chi connectivity index (χ4n) is 4.52. The van der Waals surface area contributed by atoms with Crippen molar-refractivity contribution in [2.45, 2.75) is 32.1 Å². The first-order valence-electron chi connectivity index (χ1n) is 10.1. The molecule has 3 nitrogen and oxygen atoms in total. The van der Waals surface area contributed by atoms with Crippen LogP contribution in [0.25, 0.3) is 5.57 Å². The maximum absolute atomic E-state index is 11.3. The van der Waals surface area contributed by atoms with Crippen LogP contribution in [0.4, 0.5) is 0 Å². The first-order valence-corrected chi connectivity index (χ1v) is 10.9. The molecule has 29 heavy (non-hydrogen) atoms. The molecule has 4 rings (SSSR count). The zero-order valence-corrected chi connectivity index (χ0v) is 18.8. The minimum atomic E-state index is -0.653. The summed E-state index contributed by atoms with van der Waals surface area (Å²) in [6.07, 6.45) is 7.20. The molecular weight excluding hydrogens is 450 g/mol. The molecule has 2 aliphatic rings. The SMILES string of the molecule is Cl.O=C(O)[C@@H]1CCCN(CCC=C2c3ccccc3CCc3cc(Br)ccc32)C1. The minimum absolute atomic E-state index is 0. The zero-order valence-electron chi connectivity index (χ0n) is 16.4. The van der Waals surface area contributed by atoms with E-state index in [4.69, 9.17) is 0 Å². The van der Waals surface area contributed by atoms with E-state index in [-0.39, 0.29) is 18.3 Å². The Bertz CT molecular complexity index is 912. The topological polar surface area (TPSA) is 40.5 Å². The number of hydrogen-bond donors (Lipinski definition) is 1. The minimum Gasteiger partial charge on any atom is -0.481 e. The van der Waals surface area contributed by atoms with Crippen molar-refractivity contribution in [1.82, 2.24) is 4.90 Å². The number of carbonyl (C=O) groups is 1. The van der Waals surface area contributed by atoms with Crippen LogP contribution in [-0.4, -0.2) is 35.6 Å². The average molecular weight is 477 g/mol. The lowest BCUT2D eigenvalue weighted by Gasteiger charge is -2.30. The Morgan fingerprint density at radius 3 is 2.72 bits per heavy atom. The summed E-state index contributed by atoms with van der Waals surface area (Å²) >= 11 is 3.62. The summed E-state index contributed by atoms with van der Waals surface area (Å²) in [6, 6.07) is 15.3. The monoisotopic (exact) mass is 475 g/mol. The number of hydrogen-bond acceptors (Lipinski definition) is 2. The van der Waals surface area contributed by atoms with Crippen LogP contribution in [0.2, 0.25) is 0 Å². The molecule has 1 fully saturated rings. The smallest absolute Gasteiger partial charge is 0.307 e. The van der Waals surface area contributed by atoms with Gasteiger partial charge in [0.1, 0.15) is 0 Å². The molecule has 0 amide bonds. The second-order valence-corrected chi connectivity index (χ2v) is 8.76. The fraction of sp³-hybridized carbons (Fsp3) is 0.375. The van der Waals surface area contributed by atoms with Gasteiger partial charge in [0.05, 0.1) is 5.92 Å². The normalized spacial score (nSPS) is 20.3. The molecule has 0 unspecified atom stereocenters. The lowest BCUT2D eigenvalue weighted by Crippen LogP contribution is -2.39. The van der Waals surface area contributed by atoms with Crippen LogP contribution < -0.4 is 0 Å². The van der Waals surface area contributed by atoms with Crippen molar-refractivity contribution in [3.8, 4) is 0 Å². The fourth-order valence-corrected chi connectivity index (χ4v) is 4.93. The van der Waals surface area contributed by atoms with Gasteiger partial charge in [0.15, 0.2) is 0 Å². The molecule has 0 radical (unpaired) electrons. The third-order valence-corrected chi connectivity index (χ3v) is 6.47. The number of fused-ring (bicyclic) bond motifs is 2. The summed E-state index contributed by atoms with van der Waals surface area (Å²) in [7, 11) is 0. The molecule has 154 valence electrons. The summed E-state index contributed by atoms with van der Waals surface area (Å²) in [5, 5.41) is 9.31. The quantitative estimate of drug-likeness (QED) is 0.625.